The number of aliphatic carboxylic acids is 1. The number of hydrogen-bond acceptors (Lipinski definition) is 2. The van der Waals surface area contributed by atoms with Crippen molar-refractivity contribution in [2.24, 2.45) is 5.73 Å². The molecule has 5 heteroatoms. The van der Waals surface area contributed by atoms with Gasteiger partial charge in [-0.3, -0.25) is 4.79 Å². The summed E-state index contributed by atoms with van der Waals surface area (Å²) in [5.41, 5.74) is 6.34. The number of nitrogens with one attached hydrogen (secondary N) is 1. The zero-order valence-electron chi connectivity index (χ0n) is 8.51. The van der Waals surface area contributed by atoms with Crippen molar-refractivity contribution < 1.29 is 14.7 Å². The highest BCUT2D eigenvalue weighted by Crippen LogP contribution is 2.11. The Balaban J connectivity index is 2.70. The maximum Gasteiger partial charge on any atom is 0.316 e. The number of rotatable bonds is 4. The van der Waals surface area contributed by atoms with Gasteiger partial charge in [-0.05, 0) is 17.7 Å². The van der Waals surface area contributed by atoms with Crippen molar-refractivity contribution in [1.82, 2.24) is 0 Å². The Hall–Kier alpha value is -2.30. The normalized spacial score (nSPS) is 10.2. The number of anilines is 1. The summed E-state index contributed by atoms with van der Waals surface area (Å²) in [7, 11) is 0. The largest absolute Gasteiger partial charge is 0.481 e. The van der Waals surface area contributed by atoms with Gasteiger partial charge in [-0.1, -0.05) is 24.3 Å². The lowest BCUT2D eigenvalue weighted by molar-refractivity contribution is -0.135. The maximum atomic E-state index is 10.6. The van der Waals surface area contributed by atoms with E-state index in [1.807, 2.05) is 0 Å². The number of urea groups is 1. The van der Waals surface area contributed by atoms with E-state index in [9.17, 15) is 9.59 Å². The summed E-state index contributed by atoms with van der Waals surface area (Å²) in [4.78, 5) is 20.9. The summed E-state index contributed by atoms with van der Waals surface area (Å²) in [6.07, 6.45) is 3.17. The number of benzene rings is 1. The molecule has 84 valence electrons. The molecule has 0 atom stereocenters. The SMILES string of the molecule is NC(=O)Nc1cccc(C=CCC(=O)O)c1. The summed E-state index contributed by atoms with van der Waals surface area (Å²) in [5.74, 6) is -0.886. The number of carbonyl (C=O) groups is 2. The highest BCUT2D eigenvalue weighted by Gasteiger charge is 1.96. The first-order chi connectivity index (χ1) is 7.58. The zero-order chi connectivity index (χ0) is 12.0. The molecule has 1 aromatic rings. The second kappa shape index (κ2) is 5.55. The first-order valence-corrected chi connectivity index (χ1v) is 4.63. The fourth-order valence-corrected chi connectivity index (χ4v) is 1.16. The Morgan fingerprint density at radius 1 is 1.44 bits per heavy atom. The molecule has 0 aliphatic carbocycles. The van der Waals surface area contributed by atoms with Gasteiger partial charge in [0.15, 0.2) is 0 Å². The third-order valence-corrected chi connectivity index (χ3v) is 1.76. The van der Waals surface area contributed by atoms with E-state index in [2.05, 4.69) is 5.32 Å². The van der Waals surface area contributed by atoms with Crippen LogP contribution in [-0.2, 0) is 4.79 Å². The van der Waals surface area contributed by atoms with Crippen molar-refractivity contribution in [3.63, 3.8) is 0 Å². The molecule has 0 aliphatic heterocycles. The average molecular weight is 220 g/mol. The van der Waals surface area contributed by atoms with Gasteiger partial charge in [0.1, 0.15) is 0 Å². The number of carbonyl (C=O) groups excluding carboxylic acids is 1. The molecule has 1 aromatic carbocycles. The molecule has 0 saturated heterocycles. The first kappa shape index (κ1) is 11.8. The Kier molecular flexibility index (Phi) is 4.08. The lowest BCUT2D eigenvalue weighted by atomic mass is 10.2. The van der Waals surface area contributed by atoms with Crippen LogP contribution < -0.4 is 11.1 Å². The number of nitrogens with two attached hydrogens (primary N) is 1. The van der Waals surface area contributed by atoms with Crippen LogP contribution in [0.4, 0.5) is 10.5 Å². The van der Waals surface area contributed by atoms with Crippen LogP contribution in [0.15, 0.2) is 30.3 Å². The maximum absolute atomic E-state index is 10.6. The van der Waals surface area contributed by atoms with Gasteiger partial charge < -0.3 is 16.2 Å². The van der Waals surface area contributed by atoms with E-state index in [1.165, 1.54) is 6.08 Å². The van der Waals surface area contributed by atoms with Crippen molar-refractivity contribution >= 4 is 23.8 Å². The summed E-state index contributed by atoms with van der Waals surface area (Å²) in [6.45, 7) is 0. The molecular formula is C11H12N2O3. The van der Waals surface area contributed by atoms with E-state index in [1.54, 1.807) is 30.3 Å². The fourth-order valence-electron chi connectivity index (χ4n) is 1.16. The lowest BCUT2D eigenvalue weighted by Gasteiger charge is -2.01. The predicted octanol–water partition coefficient (Wildman–Crippen LogP) is 1.67. The smallest absolute Gasteiger partial charge is 0.316 e. The van der Waals surface area contributed by atoms with E-state index >= 15 is 0 Å². The van der Waals surface area contributed by atoms with Gasteiger partial charge in [0.05, 0.1) is 6.42 Å². The van der Waals surface area contributed by atoms with Crippen molar-refractivity contribution in [1.29, 1.82) is 0 Å². The second-order valence-electron chi connectivity index (χ2n) is 3.11. The standard InChI is InChI=1S/C11H12N2O3/c12-11(16)13-9-5-1-3-8(7-9)4-2-6-10(14)15/h1-5,7H,6H2,(H,14,15)(H3,12,13,16). The number of amides is 2. The highest BCUT2D eigenvalue weighted by atomic mass is 16.4. The molecule has 2 amide bonds. The van der Waals surface area contributed by atoms with Crippen LogP contribution in [-0.4, -0.2) is 17.1 Å². The first-order valence-electron chi connectivity index (χ1n) is 4.63. The molecule has 4 N–H and O–H groups in total. The Bertz CT molecular complexity index is 427. The molecule has 0 aromatic heterocycles. The molecule has 0 spiro atoms. The number of primary amides is 1. The van der Waals surface area contributed by atoms with Crippen LogP contribution in [0.1, 0.15) is 12.0 Å². The predicted molar refractivity (Wildman–Crippen MR) is 60.9 cm³/mol. The average Bonchev–Trinajstić information content (AvgIpc) is 2.16. The van der Waals surface area contributed by atoms with Crippen LogP contribution >= 0.6 is 0 Å². The number of carboxylic acids is 1. The third-order valence-electron chi connectivity index (χ3n) is 1.76. The zero-order valence-corrected chi connectivity index (χ0v) is 8.51. The molecule has 0 radical (unpaired) electrons. The number of carboxylic acid groups (broad SMARTS) is 1. The van der Waals surface area contributed by atoms with E-state index in [-0.39, 0.29) is 6.42 Å². The van der Waals surface area contributed by atoms with Crippen molar-refractivity contribution in [3.05, 3.63) is 35.9 Å². The van der Waals surface area contributed by atoms with Gasteiger partial charge in [0, 0.05) is 5.69 Å². The van der Waals surface area contributed by atoms with Crippen LogP contribution in [0.2, 0.25) is 0 Å². The van der Waals surface area contributed by atoms with Gasteiger partial charge >= 0.3 is 12.0 Å². The Morgan fingerprint density at radius 3 is 2.81 bits per heavy atom. The molecule has 0 heterocycles. The fraction of sp³-hybridized carbons (Fsp3) is 0.0909. The van der Waals surface area contributed by atoms with Gasteiger partial charge in [-0.25, -0.2) is 4.79 Å². The van der Waals surface area contributed by atoms with Gasteiger partial charge in [-0.2, -0.15) is 0 Å². The molecular weight excluding hydrogens is 208 g/mol. The summed E-state index contributed by atoms with van der Waals surface area (Å²) < 4.78 is 0. The van der Waals surface area contributed by atoms with Crippen LogP contribution in [0, 0.1) is 0 Å². The summed E-state index contributed by atoms with van der Waals surface area (Å²) >= 11 is 0. The van der Waals surface area contributed by atoms with E-state index in [0.717, 1.165) is 5.56 Å². The minimum atomic E-state index is -0.886. The Labute approximate surface area is 92.6 Å². The van der Waals surface area contributed by atoms with Crippen LogP contribution in [0.5, 0.6) is 0 Å². The third kappa shape index (κ3) is 4.28. The van der Waals surface area contributed by atoms with Crippen LogP contribution in [0.25, 0.3) is 6.08 Å². The van der Waals surface area contributed by atoms with Crippen molar-refractivity contribution in [2.45, 2.75) is 6.42 Å². The highest BCUT2D eigenvalue weighted by molar-refractivity contribution is 5.88. The molecule has 0 fully saturated rings. The molecule has 1 rings (SSSR count). The minimum absolute atomic E-state index is 0.0343. The van der Waals surface area contributed by atoms with E-state index in [4.69, 9.17) is 10.8 Å². The van der Waals surface area contributed by atoms with Gasteiger partial charge in [0.2, 0.25) is 0 Å². The number of hydrogen-bond donors (Lipinski definition) is 3. The topological polar surface area (TPSA) is 92.4 Å². The van der Waals surface area contributed by atoms with Crippen LogP contribution in [0.3, 0.4) is 0 Å². The molecule has 5 nitrogen and oxygen atoms in total. The monoisotopic (exact) mass is 220 g/mol. The molecule has 16 heavy (non-hydrogen) atoms. The molecule has 0 saturated carbocycles. The van der Waals surface area contributed by atoms with E-state index in [0.29, 0.717) is 5.69 Å². The van der Waals surface area contributed by atoms with Gasteiger partial charge in [-0.15, -0.1) is 0 Å². The van der Waals surface area contributed by atoms with E-state index < -0.39 is 12.0 Å². The Morgan fingerprint density at radius 2 is 2.19 bits per heavy atom. The lowest BCUT2D eigenvalue weighted by Crippen LogP contribution is -2.19. The minimum Gasteiger partial charge on any atom is -0.481 e. The molecule has 0 unspecified atom stereocenters. The van der Waals surface area contributed by atoms with Crippen molar-refractivity contribution in [3.8, 4) is 0 Å². The summed E-state index contributed by atoms with van der Waals surface area (Å²) in [5, 5.41) is 10.9. The molecule has 0 aliphatic rings. The van der Waals surface area contributed by atoms with Gasteiger partial charge in [0.25, 0.3) is 0 Å². The second-order valence-corrected chi connectivity index (χ2v) is 3.11. The quantitative estimate of drug-likeness (QED) is 0.720. The summed E-state index contributed by atoms with van der Waals surface area (Å²) in [6, 6.07) is 6.30. The van der Waals surface area contributed by atoms with Crippen molar-refractivity contribution in [2.75, 3.05) is 5.32 Å². The molecule has 0 bridgehead atoms.